The average molecular weight is 510 g/mol. The summed E-state index contributed by atoms with van der Waals surface area (Å²) in [6.07, 6.45) is 5.11. The molecule has 3 N–H and O–H groups in total. The highest BCUT2D eigenvalue weighted by molar-refractivity contribution is 5.92. The van der Waals surface area contributed by atoms with E-state index in [-0.39, 0.29) is 18.1 Å². The third kappa shape index (κ3) is 6.66. The number of rotatable bonds is 7. The van der Waals surface area contributed by atoms with Crippen molar-refractivity contribution in [3.63, 3.8) is 0 Å². The molecule has 0 bridgehead atoms. The van der Waals surface area contributed by atoms with Crippen molar-refractivity contribution >= 4 is 11.7 Å². The van der Waals surface area contributed by atoms with Crippen LogP contribution in [-0.2, 0) is 9.47 Å². The van der Waals surface area contributed by atoms with Crippen LogP contribution in [0.2, 0.25) is 0 Å². The van der Waals surface area contributed by atoms with E-state index in [0.29, 0.717) is 17.2 Å². The summed E-state index contributed by atoms with van der Waals surface area (Å²) in [6.45, 7) is 4.59. The molecular weight excluding hydrogens is 484 g/mol. The molecule has 1 aliphatic rings. The number of aryl methyl sites for hydroxylation is 1. The number of hydrogen-bond acceptors (Lipinski definition) is 7. The number of nitrogens with one attached hydrogen (secondary N) is 2. The molecule has 3 aromatic rings. The SMILES string of the molecule is C=C1/C=C\C(Nc2cc(-n3cnc(C(=O)NC(CO)c4ccccc4)c3)c(C)cn2)=C/COC(F)(F)O1. The van der Waals surface area contributed by atoms with Crippen LogP contribution in [-0.4, -0.2) is 45.1 Å². The van der Waals surface area contributed by atoms with Crippen LogP contribution in [0.4, 0.5) is 14.6 Å². The van der Waals surface area contributed by atoms with Crippen molar-refractivity contribution < 1.29 is 28.2 Å². The van der Waals surface area contributed by atoms with Crippen LogP contribution in [0.25, 0.3) is 5.69 Å². The number of amides is 1. The molecule has 0 fully saturated rings. The van der Waals surface area contributed by atoms with Crippen molar-refractivity contribution in [3.8, 4) is 5.69 Å². The topological polar surface area (TPSA) is 111 Å². The number of pyridine rings is 1. The smallest absolute Gasteiger partial charge is 0.410 e. The minimum atomic E-state index is -3.79. The van der Waals surface area contributed by atoms with E-state index in [0.717, 1.165) is 11.1 Å². The van der Waals surface area contributed by atoms with E-state index in [1.807, 2.05) is 37.3 Å². The van der Waals surface area contributed by atoms with Gasteiger partial charge in [-0.3, -0.25) is 9.53 Å². The molecule has 0 saturated heterocycles. The molecule has 9 nitrogen and oxygen atoms in total. The second-order valence-corrected chi connectivity index (χ2v) is 8.10. The molecule has 0 saturated carbocycles. The van der Waals surface area contributed by atoms with Crippen LogP contribution in [0.5, 0.6) is 0 Å². The summed E-state index contributed by atoms with van der Waals surface area (Å²) in [4.78, 5) is 21.3. The van der Waals surface area contributed by atoms with Crippen LogP contribution in [0, 0.1) is 6.92 Å². The molecular formula is C26H25F2N5O4. The van der Waals surface area contributed by atoms with E-state index >= 15 is 0 Å². The minimum absolute atomic E-state index is 0.165. The number of allylic oxidation sites excluding steroid dienone is 2. The first-order chi connectivity index (χ1) is 17.7. The number of halogens is 2. The second-order valence-electron chi connectivity index (χ2n) is 8.10. The van der Waals surface area contributed by atoms with Crippen LogP contribution in [0.15, 0.2) is 91.4 Å². The Bertz CT molecular complexity index is 1340. The molecule has 0 radical (unpaired) electrons. The van der Waals surface area contributed by atoms with Crippen molar-refractivity contribution in [2.75, 3.05) is 18.5 Å². The molecule has 1 unspecified atom stereocenters. The molecule has 1 atom stereocenters. The van der Waals surface area contributed by atoms with Crippen LogP contribution >= 0.6 is 0 Å². The van der Waals surface area contributed by atoms with Crippen molar-refractivity contribution in [3.05, 3.63) is 108 Å². The van der Waals surface area contributed by atoms with E-state index in [1.54, 1.807) is 23.0 Å². The molecule has 1 amide bonds. The monoisotopic (exact) mass is 509 g/mol. The quantitative estimate of drug-likeness (QED) is 0.442. The summed E-state index contributed by atoms with van der Waals surface area (Å²) in [7, 11) is 0. The summed E-state index contributed by atoms with van der Waals surface area (Å²) in [5.74, 6) is -0.290. The molecule has 37 heavy (non-hydrogen) atoms. The van der Waals surface area contributed by atoms with Crippen molar-refractivity contribution in [2.24, 2.45) is 0 Å². The van der Waals surface area contributed by atoms with E-state index in [4.69, 9.17) is 0 Å². The summed E-state index contributed by atoms with van der Waals surface area (Å²) in [5, 5.41) is 15.6. The number of imidazole rings is 1. The van der Waals surface area contributed by atoms with E-state index in [9.17, 15) is 18.7 Å². The summed E-state index contributed by atoms with van der Waals surface area (Å²) < 4.78 is 37.5. The summed E-state index contributed by atoms with van der Waals surface area (Å²) >= 11 is 0. The largest absolute Gasteiger partial charge is 0.535 e. The van der Waals surface area contributed by atoms with Gasteiger partial charge in [0.2, 0.25) is 0 Å². The Kier molecular flexibility index (Phi) is 7.75. The lowest BCUT2D eigenvalue weighted by molar-refractivity contribution is -0.372. The maximum atomic E-state index is 13.5. The van der Waals surface area contributed by atoms with Gasteiger partial charge >= 0.3 is 6.29 Å². The number of hydrogen-bond donors (Lipinski definition) is 3. The van der Waals surface area contributed by atoms with E-state index in [2.05, 4.69) is 36.7 Å². The number of anilines is 1. The van der Waals surface area contributed by atoms with Gasteiger partial charge in [-0.2, -0.15) is 0 Å². The predicted octanol–water partition coefficient (Wildman–Crippen LogP) is 4.00. The normalized spacial score (nSPS) is 18.3. The number of aliphatic hydroxyl groups is 1. The number of nitrogens with zero attached hydrogens (tertiary/aromatic N) is 3. The average Bonchev–Trinajstić information content (AvgIpc) is 3.38. The highest BCUT2D eigenvalue weighted by Crippen LogP contribution is 2.24. The highest BCUT2D eigenvalue weighted by atomic mass is 19.3. The summed E-state index contributed by atoms with van der Waals surface area (Å²) in [6, 6.07) is 10.3. The van der Waals surface area contributed by atoms with Gasteiger partial charge in [0.05, 0.1) is 24.9 Å². The third-order valence-electron chi connectivity index (χ3n) is 5.38. The van der Waals surface area contributed by atoms with Gasteiger partial charge in [0, 0.05) is 24.2 Å². The lowest BCUT2D eigenvalue weighted by Gasteiger charge is -2.15. The fraction of sp³-hybridized carbons (Fsp3) is 0.192. The zero-order chi connectivity index (χ0) is 26.4. The number of carbonyl (C=O) groups excluding carboxylic acids is 1. The first kappa shape index (κ1) is 25.7. The molecule has 3 heterocycles. The zero-order valence-electron chi connectivity index (χ0n) is 19.9. The molecule has 0 aliphatic carbocycles. The first-order valence-electron chi connectivity index (χ1n) is 11.3. The Morgan fingerprint density at radius 3 is 2.81 bits per heavy atom. The lowest BCUT2D eigenvalue weighted by Crippen LogP contribution is -2.31. The van der Waals surface area contributed by atoms with Gasteiger partial charge in [-0.15, -0.1) is 8.78 Å². The van der Waals surface area contributed by atoms with Crippen LogP contribution < -0.4 is 10.6 Å². The van der Waals surface area contributed by atoms with E-state index < -0.39 is 24.9 Å². The molecule has 0 spiro atoms. The Morgan fingerprint density at radius 1 is 1.27 bits per heavy atom. The molecule has 1 aromatic carbocycles. The van der Waals surface area contributed by atoms with E-state index in [1.165, 1.54) is 24.6 Å². The summed E-state index contributed by atoms with van der Waals surface area (Å²) in [5.41, 5.74) is 2.87. The third-order valence-corrected chi connectivity index (χ3v) is 5.38. The number of aromatic nitrogens is 3. The minimum Gasteiger partial charge on any atom is -0.410 e. The maximum absolute atomic E-state index is 13.5. The Labute approximate surface area is 211 Å². The number of ether oxygens (including phenoxy) is 2. The molecule has 2 aromatic heterocycles. The van der Waals surface area contributed by atoms with Crippen LogP contribution in [0.3, 0.4) is 0 Å². The number of benzene rings is 1. The van der Waals surface area contributed by atoms with Gasteiger partial charge in [0.1, 0.15) is 23.6 Å². The predicted molar refractivity (Wildman–Crippen MR) is 132 cm³/mol. The number of aliphatic hydroxyl groups excluding tert-OH is 1. The fourth-order valence-corrected chi connectivity index (χ4v) is 3.52. The fourth-order valence-electron chi connectivity index (χ4n) is 3.52. The lowest BCUT2D eigenvalue weighted by atomic mass is 10.1. The van der Waals surface area contributed by atoms with Crippen molar-refractivity contribution in [2.45, 2.75) is 19.3 Å². The van der Waals surface area contributed by atoms with Gasteiger partial charge in [-0.05, 0) is 36.3 Å². The molecule has 192 valence electrons. The van der Waals surface area contributed by atoms with Gasteiger partial charge in [-0.1, -0.05) is 36.9 Å². The van der Waals surface area contributed by atoms with Gasteiger partial charge in [-0.25, -0.2) is 9.97 Å². The maximum Gasteiger partial charge on any atom is 0.535 e. The van der Waals surface area contributed by atoms with Gasteiger partial charge < -0.3 is 25.0 Å². The standard InChI is InChI=1S/C26H25F2N5O4/c1-17-13-29-24(31-20-9-8-18(2)37-26(27,28)36-11-10-20)12-23(17)33-14-21(30-16-33)25(35)32-22(15-34)19-6-4-3-5-7-19/h3-10,12-14,16,22,34H,2,11,15H2,1H3,(H,29,31)(H,32,35)/b9-8-,20-10+. The second kappa shape index (κ2) is 11.1. The van der Waals surface area contributed by atoms with Crippen LogP contribution in [0.1, 0.15) is 27.7 Å². The molecule has 11 heteroatoms. The van der Waals surface area contributed by atoms with Crippen molar-refractivity contribution in [1.29, 1.82) is 0 Å². The first-order valence-corrected chi connectivity index (χ1v) is 11.3. The number of alkyl halides is 2. The Morgan fingerprint density at radius 2 is 2.05 bits per heavy atom. The molecule has 4 rings (SSSR count). The zero-order valence-corrected chi connectivity index (χ0v) is 19.9. The van der Waals surface area contributed by atoms with Gasteiger partial charge in [0.15, 0.2) is 0 Å². The van der Waals surface area contributed by atoms with Crippen molar-refractivity contribution in [1.82, 2.24) is 19.9 Å². The number of carbonyl (C=O) groups is 1. The van der Waals surface area contributed by atoms with Gasteiger partial charge in [0.25, 0.3) is 5.91 Å². The Balaban J connectivity index is 1.51. The molecule has 1 aliphatic heterocycles. The highest BCUT2D eigenvalue weighted by Gasteiger charge is 2.33. The Hall–Kier alpha value is -4.35.